The molecule has 154 valence electrons. The first-order valence-electron chi connectivity index (χ1n) is 10.2. The Labute approximate surface area is 166 Å². The third kappa shape index (κ3) is 3.85. The lowest BCUT2D eigenvalue weighted by Gasteiger charge is -2.30. The quantitative estimate of drug-likeness (QED) is 0.826. The number of carbonyl (C=O) groups excluding carboxylic acids is 1. The van der Waals surface area contributed by atoms with Gasteiger partial charge in [0.15, 0.2) is 11.5 Å². The Morgan fingerprint density at radius 2 is 1.79 bits per heavy atom. The van der Waals surface area contributed by atoms with E-state index in [9.17, 15) is 13.2 Å². The van der Waals surface area contributed by atoms with Crippen LogP contribution >= 0.6 is 0 Å². The average Bonchev–Trinajstić information content (AvgIpc) is 3.20. The molecule has 4 rings (SSSR count). The van der Waals surface area contributed by atoms with Gasteiger partial charge in [0.2, 0.25) is 15.9 Å². The van der Waals surface area contributed by atoms with E-state index in [0.717, 1.165) is 25.7 Å². The van der Waals surface area contributed by atoms with Gasteiger partial charge in [0.05, 0.1) is 4.90 Å². The molecule has 2 aliphatic heterocycles. The van der Waals surface area contributed by atoms with Crippen molar-refractivity contribution < 1.29 is 22.7 Å². The summed E-state index contributed by atoms with van der Waals surface area (Å²) >= 11 is 0. The van der Waals surface area contributed by atoms with Crippen LogP contribution in [-0.4, -0.2) is 50.5 Å². The van der Waals surface area contributed by atoms with Crippen molar-refractivity contribution in [2.75, 3.05) is 19.8 Å². The summed E-state index contributed by atoms with van der Waals surface area (Å²) in [5.74, 6) is 1.51. The molecule has 1 amide bonds. The van der Waals surface area contributed by atoms with Crippen LogP contribution in [0.1, 0.15) is 45.4 Å². The second-order valence-electron chi connectivity index (χ2n) is 8.04. The summed E-state index contributed by atoms with van der Waals surface area (Å²) in [6, 6.07) is 4.16. The smallest absolute Gasteiger partial charge is 0.243 e. The zero-order valence-electron chi connectivity index (χ0n) is 16.2. The Bertz CT molecular complexity index is 833. The Kier molecular flexibility index (Phi) is 5.51. The number of carbonyl (C=O) groups is 1. The van der Waals surface area contributed by atoms with Gasteiger partial charge in [-0.05, 0) is 56.6 Å². The van der Waals surface area contributed by atoms with Gasteiger partial charge in [0.1, 0.15) is 19.3 Å². The molecule has 0 radical (unpaired) electrons. The fourth-order valence-corrected chi connectivity index (χ4v) is 5.98. The average molecular weight is 409 g/mol. The number of nitrogens with zero attached hydrogens (tertiary/aromatic N) is 1. The minimum absolute atomic E-state index is 0.142. The normalized spacial score (nSPS) is 28.1. The molecule has 8 heteroatoms. The van der Waals surface area contributed by atoms with E-state index in [-0.39, 0.29) is 16.8 Å². The summed E-state index contributed by atoms with van der Waals surface area (Å²) < 4.78 is 38.8. The molecule has 1 N–H and O–H groups in total. The molecule has 1 saturated heterocycles. The number of benzene rings is 1. The molecular formula is C20H28N2O5S. The van der Waals surface area contributed by atoms with Crippen LogP contribution < -0.4 is 14.8 Å². The molecule has 28 heavy (non-hydrogen) atoms. The van der Waals surface area contributed by atoms with Crippen molar-refractivity contribution in [1.82, 2.24) is 9.62 Å². The van der Waals surface area contributed by atoms with Crippen molar-refractivity contribution in [2.45, 2.75) is 62.4 Å². The highest BCUT2D eigenvalue weighted by Gasteiger charge is 2.40. The number of ether oxygens (including phenoxy) is 2. The summed E-state index contributed by atoms with van der Waals surface area (Å²) in [5, 5.41) is 3.10. The highest BCUT2D eigenvalue weighted by atomic mass is 32.2. The number of fused-ring (bicyclic) bond motifs is 1. The second kappa shape index (κ2) is 7.91. The van der Waals surface area contributed by atoms with E-state index in [1.54, 1.807) is 6.07 Å². The monoisotopic (exact) mass is 408 g/mol. The van der Waals surface area contributed by atoms with Crippen molar-refractivity contribution >= 4 is 15.9 Å². The van der Waals surface area contributed by atoms with Gasteiger partial charge in [-0.25, -0.2) is 8.42 Å². The molecule has 1 aromatic rings. The third-order valence-corrected chi connectivity index (χ3v) is 7.89. The van der Waals surface area contributed by atoms with E-state index in [2.05, 4.69) is 12.2 Å². The molecule has 2 heterocycles. The van der Waals surface area contributed by atoms with Gasteiger partial charge in [-0.3, -0.25) is 4.79 Å². The summed E-state index contributed by atoms with van der Waals surface area (Å²) in [5.41, 5.74) is 0. The zero-order chi connectivity index (χ0) is 19.7. The number of rotatable bonds is 4. The fourth-order valence-electron chi connectivity index (χ4n) is 4.31. The van der Waals surface area contributed by atoms with Crippen LogP contribution in [0.3, 0.4) is 0 Å². The molecular weight excluding hydrogens is 380 g/mol. The first kappa shape index (κ1) is 19.5. The highest BCUT2D eigenvalue weighted by molar-refractivity contribution is 7.89. The van der Waals surface area contributed by atoms with Crippen LogP contribution in [0.25, 0.3) is 0 Å². The predicted molar refractivity (Wildman–Crippen MR) is 104 cm³/mol. The van der Waals surface area contributed by atoms with Gasteiger partial charge >= 0.3 is 0 Å². The Morgan fingerprint density at radius 3 is 2.54 bits per heavy atom. The Morgan fingerprint density at radius 1 is 1.07 bits per heavy atom. The molecule has 0 bridgehead atoms. The maximum atomic E-state index is 13.2. The van der Waals surface area contributed by atoms with E-state index in [1.807, 2.05) is 0 Å². The first-order valence-corrected chi connectivity index (χ1v) is 11.6. The molecule has 0 aromatic heterocycles. The van der Waals surface area contributed by atoms with Gasteiger partial charge in [0.25, 0.3) is 0 Å². The van der Waals surface area contributed by atoms with Gasteiger partial charge in [-0.15, -0.1) is 0 Å². The van der Waals surface area contributed by atoms with Crippen molar-refractivity contribution in [3.63, 3.8) is 0 Å². The third-order valence-electron chi connectivity index (χ3n) is 5.99. The first-order chi connectivity index (χ1) is 13.4. The number of amides is 1. The van der Waals surface area contributed by atoms with Gasteiger partial charge < -0.3 is 14.8 Å². The minimum atomic E-state index is -3.78. The van der Waals surface area contributed by atoms with Crippen LogP contribution in [0.5, 0.6) is 11.5 Å². The highest BCUT2D eigenvalue weighted by Crippen LogP contribution is 2.35. The van der Waals surface area contributed by atoms with Gasteiger partial charge in [-0.1, -0.05) is 6.92 Å². The van der Waals surface area contributed by atoms with Gasteiger partial charge in [-0.2, -0.15) is 4.31 Å². The van der Waals surface area contributed by atoms with Crippen LogP contribution in [0, 0.1) is 5.92 Å². The van der Waals surface area contributed by atoms with Crippen molar-refractivity contribution in [3.8, 4) is 11.5 Å². The molecule has 0 unspecified atom stereocenters. The maximum Gasteiger partial charge on any atom is 0.243 e. The topological polar surface area (TPSA) is 84.9 Å². The largest absolute Gasteiger partial charge is 0.486 e. The summed E-state index contributed by atoms with van der Waals surface area (Å²) in [7, 11) is -3.78. The van der Waals surface area contributed by atoms with Crippen LogP contribution in [-0.2, 0) is 14.8 Å². The summed E-state index contributed by atoms with van der Waals surface area (Å²) in [6.45, 7) is 3.44. The molecule has 2 fully saturated rings. The molecule has 0 spiro atoms. The standard InChI is InChI=1S/C20H28N2O5S/c1-14-4-6-15(7-5-14)21-20(23)17-3-2-10-22(17)28(24,25)16-8-9-18-19(13-16)27-12-11-26-18/h8-9,13-15,17H,2-7,10-12H2,1H3,(H,21,23)/t14?,15?,17-/m1/s1. The van der Waals surface area contributed by atoms with Crippen molar-refractivity contribution in [2.24, 2.45) is 5.92 Å². The lowest BCUT2D eigenvalue weighted by molar-refractivity contribution is -0.125. The van der Waals surface area contributed by atoms with E-state index in [1.165, 1.54) is 16.4 Å². The SMILES string of the molecule is CC1CCC(NC(=O)[C@H]2CCCN2S(=O)(=O)c2ccc3c(c2)OCCO3)CC1. The summed E-state index contributed by atoms with van der Waals surface area (Å²) in [6.07, 6.45) is 5.38. The zero-order valence-corrected chi connectivity index (χ0v) is 17.0. The predicted octanol–water partition coefficient (Wildman–Crippen LogP) is 2.31. The maximum absolute atomic E-state index is 13.2. The minimum Gasteiger partial charge on any atom is -0.486 e. The lowest BCUT2D eigenvalue weighted by Crippen LogP contribution is -2.49. The van der Waals surface area contributed by atoms with E-state index in [0.29, 0.717) is 50.0 Å². The van der Waals surface area contributed by atoms with Gasteiger partial charge in [0, 0.05) is 18.7 Å². The van der Waals surface area contributed by atoms with Crippen molar-refractivity contribution in [1.29, 1.82) is 0 Å². The Hall–Kier alpha value is -1.80. The van der Waals surface area contributed by atoms with E-state index < -0.39 is 16.1 Å². The number of hydrogen-bond donors (Lipinski definition) is 1. The molecule has 1 aliphatic carbocycles. The molecule has 3 aliphatic rings. The van der Waals surface area contributed by atoms with E-state index >= 15 is 0 Å². The van der Waals surface area contributed by atoms with Crippen LogP contribution in [0.15, 0.2) is 23.1 Å². The molecule has 1 aromatic carbocycles. The van der Waals surface area contributed by atoms with E-state index in [4.69, 9.17) is 9.47 Å². The molecule has 1 saturated carbocycles. The number of nitrogens with one attached hydrogen (secondary N) is 1. The molecule has 7 nitrogen and oxygen atoms in total. The number of sulfonamides is 1. The fraction of sp³-hybridized carbons (Fsp3) is 0.650. The Balaban J connectivity index is 1.49. The summed E-state index contributed by atoms with van der Waals surface area (Å²) in [4.78, 5) is 13.0. The van der Waals surface area contributed by atoms with Crippen molar-refractivity contribution in [3.05, 3.63) is 18.2 Å². The number of hydrogen-bond acceptors (Lipinski definition) is 5. The van der Waals surface area contributed by atoms with Crippen LogP contribution in [0.4, 0.5) is 0 Å². The molecule has 1 atom stereocenters. The van der Waals surface area contributed by atoms with Crippen LogP contribution in [0.2, 0.25) is 0 Å². The second-order valence-corrected chi connectivity index (χ2v) is 9.94. The lowest BCUT2D eigenvalue weighted by atomic mass is 9.87.